The van der Waals surface area contributed by atoms with Gasteiger partial charge in [-0.25, -0.2) is 0 Å². The lowest BCUT2D eigenvalue weighted by atomic mass is 10.2. The maximum atomic E-state index is 12.0. The number of thioether (sulfide) groups is 1. The van der Waals surface area contributed by atoms with Gasteiger partial charge in [0.2, 0.25) is 5.91 Å². The summed E-state index contributed by atoms with van der Waals surface area (Å²) in [6, 6.07) is 16.1. The van der Waals surface area contributed by atoms with Gasteiger partial charge >= 0.3 is 0 Å². The molecule has 0 aliphatic carbocycles. The van der Waals surface area contributed by atoms with Crippen molar-refractivity contribution in [3.63, 3.8) is 0 Å². The molecule has 2 aromatic rings. The summed E-state index contributed by atoms with van der Waals surface area (Å²) in [4.78, 5) is 14.3. The van der Waals surface area contributed by atoms with Gasteiger partial charge in [0.05, 0.1) is 5.75 Å². The lowest BCUT2D eigenvalue weighted by Gasteiger charge is -2.21. The van der Waals surface area contributed by atoms with E-state index in [1.165, 1.54) is 5.69 Å². The van der Waals surface area contributed by atoms with Gasteiger partial charge in [-0.1, -0.05) is 35.9 Å². The molecule has 0 saturated heterocycles. The third kappa shape index (κ3) is 6.63. The Bertz CT molecular complexity index is 672. The number of hydrogen-bond acceptors (Lipinski definition) is 3. The van der Waals surface area contributed by atoms with Crippen molar-refractivity contribution in [2.75, 3.05) is 23.7 Å². The van der Waals surface area contributed by atoms with Gasteiger partial charge in [-0.2, -0.15) is 0 Å². The first-order chi connectivity index (χ1) is 12.1. The standard InChI is InChI=1S/C20H25ClN2OS/c1-3-23(4-2)19-10-8-16(9-11-19)13-22-20(24)15-25-14-17-6-5-7-18(21)12-17/h5-12H,3-4,13-15H2,1-2H3,(H,22,24). The van der Waals surface area contributed by atoms with Gasteiger partial charge in [0, 0.05) is 36.1 Å². The molecule has 0 bridgehead atoms. The maximum Gasteiger partial charge on any atom is 0.230 e. The first-order valence-electron chi connectivity index (χ1n) is 8.55. The molecule has 0 aromatic heterocycles. The summed E-state index contributed by atoms with van der Waals surface area (Å²) in [6.07, 6.45) is 0. The Morgan fingerprint density at radius 2 is 1.80 bits per heavy atom. The van der Waals surface area contributed by atoms with E-state index in [1.54, 1.807) is 11.8 Å². The van der Waals surface area contributed by atoms with Crippen LogP contribution in [0.15, 0.2) is 48.5 Å². The third-order valence-electron chi connectivity index (χ3n) is 3.95. The number of nitrogens with zero attached hydrogens (tertiary/aromatic N) is 1. The molecule has 1 amide bonds. The van der Waals surface area contributed by atoms with Gasteiger partial charge in [-0.05, 0) is 49.2 Å². The number of halogens is 1. The van der Waals surface area contributed by atoms with Crippen LogP contribution in [0.4, 0.5) is 5.69 Å². The first-order valence-corrected chi connectivity index (χ1v) is 10.1. The van der Waals surface area contributed by atoms with Crippen LogP contribution in [0.3, 0.4) is 0 Å². The molecule has 0 saturated carbocycles. The van der Waals surface area contributed by atoms with Crippen molar-refractivity contribution >= 4 is 35.0 Å². The van der Waals surface area contributed by atoms with Crippen molar-refractivity contribution in [2.45, 2.75) is 26.1 Å². The molecule has 0 unspecified atom stereocenters. The molecule has 0 radical (unpaired) electrons. The van der Waals surface area contributed by atoms with Crippen LogP contribution in [0.2, 0.25) is 5.02 Å². The lowest BCUT2D eigenvalue weighted by molar-refractivity contribution is -0.118. The number of benzene rings is 2. The molecule has 0 aliphatic heterocycles. The number of carbonyl (C=O) groups excluding carboxylic acids is 1. The van der Waals surface area contributed by atoms with Crippen molar-refractivity contribution in [1.82, 2.24) is 5.32 Å². The SMILES string of the molecule is CCN(CC)c1ccc(CNC(=O)CSCc2cccc(Cl)c2)cc1. The van der Waals surface area contributed by atoms with Crippen LogP contribution < -0.4 is 10.2 Å². The zero-order valence-electron chi connectivity index (χ0n) is 14.8. The summed E-state index contributed by atoms with van der Waals surface area (Å²) < 4.78 is 0. The van der Waals surface area contributed by atoms with E-state index < -0.39 is 0 Å². The Balaban J connectivity index is 1.72. The fourth-order valence-corrected chi connectivity index (χ4v) is 3.57. The van der Waals surface area contributed by atoms with Gasteiger partial charge < -0.3 is 10.2 Å². The van der Waals surface area contributed by atoms with Crippen molar-refractivity contribution in [2.24, 2.45) is 0 Å². The van der Waals surface area contributed by atoms with Gasteiger partial charge in [-0.3, -0.25) is 4.79 Å². The minimum absolute atomic E-state index is 0.0554. The van der Waals surface area contributed by atoms with Gasteiger partial charge in [-0.15, -0.1) is 11.8 Å². The van der Waals surface area contributed by atoms with Gasteiger partial charge in [0.15, 0.2) is 0 Å². The van der Waals surface area contributed by atoms with E-state index >= 15 is 0 Å². The van der Waals surface area contributed by atoms with E-state index in [0.717, 1.165) is 35.0 Å². The number of anilines is 1. The number of carbonyl (C=O) groups is 1. The van der Waals surface area contributed by atoms with Crippen LogP contribution in [0, 0.1) is 0 Å². The topological polar surface area (TPSA) is 32.3 Å². The second kappa shape index (κ2) is 10.4. The molecule has 0 spiro atoms. The molecule has 2 aromatic carbocycles. The lowest BCUT2D eigenvalue weighted by Crippen LogP contribution is -2.25. The smallest absolute Gasteiger partial charge is 0.230 e. The van der Waals surface area contributed by atoms with E-state index in [1.807, 2.05) is 24.3 Å². The Morgan fingerprint density at radius 1 is 1.08 bits per heavy atom. The van der Waals surface area contributed by atoms with Crippen LogP contribution in [0.5, 0.6) is 0 Å². The normalized spacial score (nSPS) is 10.5. The molecule has 0 fully saturated rings. The molecular formula is C20H25ClN2OS. The van der Waals surface area contributed by atoms with Gasteiger partial charge in [0.1, 0.15) is 0 Å². The molecular weight excluding hydrogens is 352 g/mol. The maximum absolute atomic E-state index is 12.0. The summed E-state index contributed by atoms with van der Waals surface area (Å²) in [6.45, 7) is 6.86. The minimum atomic E-state index is 0.0554. The number of rotatable bonds is 9. The van der Waals surface area contributed by atoms with Crippen molar-refractivity contribution < 1.29 is 4.79 Å². The van der Waals surface area contributed by atoms with E-state index in [9.17, 15) is 4.79 Å². The molecule has 1 N–H and O–H groups in total. The minimum Gasteiger partial charge on any atom is -0.372 e. The second-order valence-corrected chi connectivity index (χ2v) is 7.16. The summed E-state index contributed by atoms with van der Waals surface area (Å²) in [5.41, 5.74) is 3.47. The molecule has 5 heteroatoms. The summed E-state index contributed by atoms with van der Waals surface area (Å²) in [7, 11) is 0. The Kier molecular flexibility index (Phi) is 8.16. The zero-order chi connectivity index (χ0) is 18.1. The quantitative estimate of drug-likeness (QED) is 0.686. The highest BCUT2D eigenvalue weighted by Gasteiger charge is 2.04. The monoisotopic (exact) mass is 376 g/mol. The predicted octanol–water partition coefficient (Wildman–Crippen LogP) is 4.74. The van der Waals surface area contributed by atoms with E-state index in [0.29, 0.717) is 12.3 Å². The number of hydrogen-bond donors (Lipinski definition) is 1. The average Bonchev–Trinajstić information content (AvgIpc) is 2.62. The molecule has 134 valence electrons. The molecule has 2 rings (SSSR count). The summed E-state index contributed by atoms with van der Waals surface area (Å²) in [5, 5.41) is 3.71. The largest absolute Gasteiger partial charge is 0.372 e. The van der Waals surface area contributed by atoms with Crippen LogP contribution in [0.25, 0.3) is 0 Å². The fourth-order valence-electron chi connectivity index (χ4n) is 2.55. The van der Waals surface area contributed by atoms with Crippen LogP contribution in [-0.4, -0.2) is 24.7 Å². The van der Waals surface area contributed by atoms with Crippen molar-refractivity contribution in [1.29, 1.82) is 0 Å². The Hall–Kier alpha value is -1.65. The Labute approximate surface area is 159 Å². The fraction of sp³-hybridized carbons (Fsp3) is 0.350. The molecule has 3 nitrogen and oxygen atoms in total. The molecule has 0 atom stereocenters. The van der Waals surface area contributed by atoms with E-state index in [4.69, 9.17) is 11.6 Å². The zero-order valence-corrected chi connectivity index (χ0v) is 16.4. The van der Waals surface area contributed by atoms with E-state index in [2.05, 4.69) is 48.3 Å². The Morgan fingerprint density at radius 3 is 2.44 bits per heavy atom. The molecule has 0 heterocycles. The summed E-state index contributed by atoms with van der Waals surface area (Å²) >= 11 is 7.55. The highest BCUT2D eigenvalue weighted by molar-refractivity contribution is 7.99. The van der Waals surface area contributed by atoms with Crippen molar-refractivity contribution in [3.8, 4) is 0 Å². The second-order valence-electron chi connectivity index (χ2n) is 5.74. The first kappa shape index (κ1) is 19.7. The van der Waals surface area contributed by atoms with E-state index in [-0.39, 0.29) is 5.91 Å². The third-order valence-corrected chi connectivity index (χ3v) is 5.18. The number of nitrogens with one attached hydrogen (secondary N) is 1. The highest BCUT2D eigenvalue weighted by atomic mass is 35.5. The average molecular weight is 377 g/mol. The molecule has 25 heavy (non-hydrogen) atoms. The van der Waals surface area contributed by atoms with Crippen LogP contribution in [-0.2, 0) is 17.1 Å². The predicted molar refractivity (Wildman–Crippen MR) is 109 cm³/mol. The van der Waals surface area contributed by atoms with Crippen molar-refractivity contribution in [3.05, 3.63) is 64.7 Å². The van der Waals surface area contributed by atoms with Gasteiger partial charge in [0.25, 0.3) is 0 Å². The summed E-state index contributed by atoms with van der Waals surface area (Å²) in [5.74, 6) is 1.29. The van der Waals surface area contributed by atoms with Crippen LogP contribution >= 0.6 is 23.4 Å². The highest BCUT2D eigenvalue weighted by Crippen LogP contribution is 2.17. The molecule has 0 aliphatic rings. The van der Waals surface area contributed by atoms with Crippen LogP contribution in [0.1, 0.15) is 25.0 Å². The number of amides is 1.